The van der Waals surface area contributed by atoms with Gasteiger partial charge in [0.1, 0.15) is 5.82 Å². The first-order valence-electron chi connectivity index (χ1n) is 6.44. The van der Waals surface area contributed by atoms with Crippen LogP contribution in [0.5, 0.6) is 0 Å². The van der Waals surface area contributed by atoms with Crippen LogP contribution in [-0.2, 0) is 4.74 Å². The monoisotopic (exact) mass is 274 g/mol. The summed E-state index contributed by atoms with van der Waals surface area (Å²) in [5.74, 6) is 0.309. The van der Waals surface area contributed by atoms with Crippen molar-refractivity contribution in [2.75, 3.05) is 36.9 Å². The largest absolute Gasteiger partial charge is 0.399 e. The minimum absolute atomic E-state index is 0.332. The maximum atomic E-state index is 13.8. The lowest BCUT2D eigenvalue weighted by atomic mass is 10.1. The van der Waals surface area contributed by atoms with Gasteiger partial charge in [-0.2, -0.15) is 0 Å². The van der Waals surface area contributed by atoms with E-state index >= 15 is 0 Å². The van der Waals surface area contributed by atoms with Crippen LogP contribution in [0.25, 0.3) is 11.1 Å². The van der Waals surface area contributed by atoms with Gasteiger partial charge >= 0.3 is 0 Å². The quantitative estimate of drug-likeness (QED) is 0.844. The van der Waals surface area contributed by atoms with Gasteiger partial charge in [0.15, 0.2) is 0 Å². The highest BCUT2D eigenvalue weighted by molar-refractivity contribution is 5.67. The van der Waals surface area contributed by atoms with Gasteiger partial charge in [-0.25, -0.2) is 14.4 Å². The van der Waals surface area contributed by atoms with E-state index < -0.39 is 0 Å². The van der Waals surface area contributed by atoms with Crippen LogP contribution in [0, 0.1) is 5.82 Å². The third-order valence-corrected chi connectivity index (χ3v) is 3.23. The van der Waals surface area contributed by atoms with Crippen molar-refractivity contribution in [3.05, 3.63) is 36.4 Å². The molecule has 2 N–H and O–H groups in total. The Morgan fingerprint density at radius 2 is 1.85 bits per heavy atom. The molecule has 2 aromatic rings. The van der Waals surface area contributed by atoms with Crippen molar-refractivity contribution in [1.82, 2.24) is 9.97 Å². The number of hydrogen-bond donors (Lipinski definition) is 1. The Bertz CT molecular complexity index is 597. The molecule has 0 radical (unpaired) electrons. The second kappa shape index (κ2) is 5.42. The Morgan fingerprint density at radius 1 is 1.15 bits per heavy atom. The van der Waals surface area contributed by atoms with Gasteiger partial charge in [-0.05, 0) is 18.2 Å². The lowest BCUT2D eigenvalue weighted by Crippen LogP contribution is -2.37. The molecule has 6 heteroatoms. The highest BCUT2D eigenvalue weighted by Gasteiger charge is 2.14. The summed E-state index contributed by atoms with van der Waals surface area (Å²) < 4.78 is 19.1. The number of nitrogens with zero attached hydrogens (tertiary/aromatic N) is 3. The first kappa shape index (κ1) is 12.8. The van der Waals surface area contributed by atoms with E-state index in [0.717, 1.165) is 13.1 Å². The summed E-state index contributed by atoms with van der Waals surface area (Å²) >= 11 is 0. The van der Waals surface area contributed by atoms with E-state index in [1.807, 2.05) is 4.90 Å². The molecule has 1 aliphatic heterocycles. The zero-order valence-corrected chi connectivity index (χ0v) is 10.9. The van der Waals surface area contributed by atoms with Gasteiger partial charge in [-0.15, -0.1) is 0 Å². The van der Waals surface area contributed by atoms with Gasteiger partial charge in [-0.1, -0.05) is 0 Å². The van der Waals surface area contributed by atoms with Crippen molar-refractivity contribution < 1.29 is 9.13 Å². The van der Waals surface area contributed by atoms with Crippen LogP contribution < -0.4 is 10.6 Å². The maximum absolute atomic E-state index is 13.8. The summed E-state index contributed by atoms with van der Waals surface area (Å²) in [5.41, 5.74) is 7.23. The summed E-state index contributed by atoms with van der Waals surface area (Å²) in [4.78, 5) is 10.6. The highest BCUT2D eigenvalue weighted by atomic mass is 19.1. The zero-order valence-electron chi connectivity index (χ0n) is 10.9. The molecular formula is C14H15FN4O. The molecule has 1 aromatic heterocycles. The number of morpholine rings is 1. The first-order chi connectivity index (χ1) is 9.74. The number of aromatic nitrogens is 2. The van der Waals surface area contributed by atoms with E-state index in [4.69, 9.17) is 10.5 Å². The SMILES string of the molecule is Nc1ccc(F)c(-c2cnc(N3CCOCC3)nc2)c1. The van der Waals surface area contributed by atoms with Crippen molar-refractivity contribution in [3.63, 3.8) is 0 Å². The molecule has 1 aliphatic rings. The van der Waals surface area contributed by atoms with Crippen LogP contribution >= 0.6 is 0 Å². The fourth-order valence-electron chi connectivity index (χ4n) is 2.15. The van der Waals surface area contributed by atoms with Gasteiger partial charge in [0.2, 0.25) is 5.95 Å². The van der Waals surface area contributed by atoms with Crippen molar-refractivity contribution >= 4 is 11.6 Å². The van der Waals surface area contributed by atoms with Gasteiger partial charge < -0.3 is 15.4 Å². The highest BCUT2D eigenvalue weighted by Crippen LogP contribution is 2.24. The summed E-state index contributed by atoms with van der Waals surface area (Å²) in [6, 6.07) is 4.46. The second-order valence-corrected chi connectivity index (χ2v) is 4.61. The van der Waals surface area contributed by atoms with Gasteiger partial charge in [-0.3, -0.25) is 0 Å². The summed E-state index contributed by atoms with van der Waals surface area (Å²) in [7, 11) is 0. The molecule has 0 spiro atoms. The van der Waals surface area contributed by atoms with E-state index in [-0.39, 0.29) is 5.82 Å². The fourth-order valence-corrected chi connectivity index (χ4v) is 2.15. The third-order valence-electron chi connectivity index (χ3n) is 3.23. The van der Waals surface area contributed by atoms with Gasteiger partial charge in [0.05, 0.1) is 13.2 Å². The number of nitrogen functional groups attached to an aromatic ring is 1. The van der Waals surface area contributed by atoms with Crippen molar-refractivity contribution in [1.29, 1.82) is 0 Å². The molecule has 0 amide bonds. The number of ether oxygens (including phenoxy) is 1. The molecule has 104 valence electrons. The van der Waals surface area contributed by atoms with E-state index in [1.165, 1.54) is 12.1 Å². The number of halogens is 1. The van der Waals surface area contributed by atoms with E-state index in [2.05, 4.69) is 9.97 Å². The van der Waals surface area contributed by atoms with Crippen LogP contribution in [0.4, 0.5) is 16.0 Å². The van der Waals surface area contributed by atoms with Gasteiger partial charge in [0.25, 0.3) is 0 Å². The average molecular weight is 274 g/mol. The standard InChI is InChI=1S/C14H15FN4O/c15-13-2-1-11(16)7-12(13)10-8-17-14(18-9-10)19-3-5-20-6-4-19/h1-2,7-9H,3-6,16H2. The first-order valence-corrected chi connectivity index (χ1v) is 6.44. The minimum atomic E-state index is -0.332. The molecule has 0 saturated carbocycles. The van der Waals surface area contributed by atoms with Crippen LogP contribution in [0.1, 0.15) is 0 Å². The van der Waals surface area contributed by atoms with E-state index in [9.17, 15) is 4.39 Å². The van der Waals surface area contributed by atoms with Crippen LogP contribution in [0.2, 0.25) is 0 Å². The molecule has 5 nitrogen and oxygen atoms in total. The van der Waals surface area contributed by atoms with Crippen molar-refractivity contribution in [3.8, 4) is 11.1 Å². The molecule has 0 aliphatic carbocycles. The minimum Gasteiger partial charge on any atom is -0.399 e. The fraction of sp³-hybridized carbons (Fsp3) is 0.286. The number of benzene rings is 1. The molecule has 1 aromatic carbocycles. The van der Waals surface area contributed by atoms with Crippen molar-refractivity contribution in [2.45, 2.75) is 0 Å². The Balaban J connectivity index is 1.87. The number of hydrogen-bond acceptors (Lipinski definition) is 5. The lowest BCUT2D eigenvalue weighted by molar-refractivity contribution is 0.122. The zero-order chi connectivity index (χ0) is 13.9. The molecule has 0 atom stereocenters. The predicted octanol–water partition coefficient (Wildman–Crippen LogP) is 1.70. The van der Waals surface area contributed by atoms with Crippen molar-refractivity contribution in [2.24, 2.45) is 0 Å². The van der Waals surface area contributed by atoms with Crippen LogP contribution in [-0.4, -0.2) is 36.3 Å². The lowest BCUT2D eigenvalue weighted by Gasteiger charge is -2.26. The third kappa shape index (κ3) is 2.55. The summed E-state index contributed by atoms with van der Waals surface area (Å²) in [6.45, 7) is 2.89. The molecule has 0 unspecified atom stereocenters. The average Bonchev–Trinajstić information content (AvgIpc) is 2.51. The Morgan fingerprint density at radius 3 is 2.55 bits per heavy atom. The molecule has 0 bridgehead atoms. The number of anilines is 2. The second-order valence-electron chi connectivity index (χ2n) is 4.61. The van der Waals surface area contributed by atoms with E-state index in [1.54, 1.807) is 18.5 Å². The van der Waals surface area contributed by atoms with E-state index in [0.29, 0.717) is 36.0 Å². The molecule has 1 fully saturated rings. The molecule has 20 heavy (non-hydrogen) atoms. The molecular weight excluding hydrogens is 259 g/mol. The summed E-state index contributed by atoms with van der Waals surface area (Å²) in [6.07, 6.45) is 3.24. The smallest absolute Gasteiger partial charge is 0.225 e. The maximum Gasteiger partial charge on any atom is 0.225 e. The Kier molecular flexibility index (Phi) is 3.47. The van der Waals surface area contributed by atoms with Gasteiger partial charge in [0, 0.05) is 42.3 Å². The Hall–Kier alpha value is -2.21. The number of nitrogens with two attached hydrogens (primary N) is 1. The Labute approximate surface area is 116 Å². The van der Waals surface area contributed by atoms with Crippen LogP contribution in [0.3, 0.4) is 0 Å². The summed E-state index contributed by atoms with van der Waals surface area (Å²) in [5, 5.41) is 0. The molecule has 3 rings (SSSR count). The normalized spacial score (nSPS) is 15.3. The molecule has 1 saturated heterocycles. The van der Waals surface area contributed by atoms with Crippen LogP contribution in [0.15, 0.2) is 30.6 Å². The molecule has 2 heterocycles. The number of rotatable bonds is 2. The topological polar surface area (TPSA) is 64.3 Å². The predicted molar refractivity (Wildman–Crippen MR) is 74.9 cm³/mol.